The van der Waals surface area contributed by atoms with Gasteiger partial charge in [-0.2, -0.15) is 0 Å². The van der Waals surface area contributed by atoms with Gasteiger partial charge in [-0.25, -0.2) is 0 Å². The Kier molecular flexibility index (Phi) is 4.97. The van der Waals surface area contributed by atoms with Crippen molar-refractivity contribution in [2.75, 3.05) is 14.2 Å². The Morgan fingerprint density at radius 3 is 2.18 bits per heavy atom. The summed E-state index contributed by atoms with van der Waals surface area (Å²) >= 11 is 0. The van der Waals surface area contributed by atoms with Crippen molar-refractivity contribution < 1.29 is 19.1 Å². The minimum atomic E-state index is -0.990. The Morgan fingerprint density at radius 1 is 1.12 bits per heavy atom. The molecule has 0 aromatic rings. The summed E-state index contributed by atoms with van der Waals surface area (Å²) < 4.78 is 9.44. The number of hydrogen-bond donors (Lipinski definition) is 0. The predicted octanol–water partition coefficient (Wildman–Crippen LogP) is 2.31. The van der Waals surface area contributed by atoms with E-state index in [1.807, 2.05) is 0 Å². The van der Waals surface area contributed by atoms with Gasteiger partial charge in [-0.1, -0.05) is 32.6 Å². The number of carbonyl (C=O) groups is 2. The lowest BCUT2D eigenvalue weighted by Crippen LogP contribution is -2.30. The molecule has 1 aliphatic carbocycles. The van der Waals surface area contributed by atoms with Crippen molar-refractivity contribution in [2.24, 2.45) is 11.3 Å². The fourth-order valence-electron chi connectivity index (χ4n) is 2.44. The van der Waals surface area contributed by atoms with Gasteiger partial charge in [-0.15, -0.1) is 0 Å². The fourth-order valence-corrected chi connectivity index (χ4v) is 2.44. The van der Waals surface area contributed by atoms with Crippen LogP contribution >= 0.6 is 0 Å². The lowest BCUT2D eigenvalue weighted by Gasteiger charge is -2.12. The zero-order valence-electron chi connectivity index (χ0n) is 11.0. The largest absolute Gasteiger partial charge is 0.468 e. The molecule has 0 unspecified atom stereocenters. The molecule has 17 heavy (non-hydrogen) atoms. The number of rotatable bonds is 7. The van der Waals surface area contributed by atoms with Gasteiger partial charge in [0.1, 0.15) is 0 Å². The second-order valence-electron chi connectivity index (χ2n) is 4.70. The Labute approximate surface area is 103 Å². The highest BCUT2D eigenvalue weighted by atomic mass is 16.5. The van der Waals surface area contributed by atoms with E-state index < -0.39 is 17.4 Å². The van der Waals surface area contributed by atoms with Gasteiger partial charge in [0.05, 0.1) is 14.2 Å². The molecule has 1 aliphatic rings. The molecular weight excluding hydrogens is 220 g/mol. The third kappa shape index (κ3) is 2.79. The average Bonchev–Trinajstić information content (AvgIpc) is 3.08. The minimum Gasteiger partial charge on any atom is -0.468 e. The van der Waals surface area contributed by atoms with Gasteiger partial charge >= 0.3 is 11.9 Å². The van der Waals surface area contributed by atoms with E-state index in [4.69, 9.17) is 9.47 Å². The van der Waals surface area contributed by atoms with Crippen molar-refractivity contribution >= 4 is 11.9 Å². The highest BCUT2D eigenvalue weighted by molar-refractivity contribution is 6.03. The number of unbranched alkanes of at least 4 members (excludes halogenated alkanes) is 3. The van der Waals surface area contributed by atoms with E-state index in [0.29, 0.717) is 6.42 Å². The first-order valence-electron chi connectivity index (χ1n) is 6.30. The van der Waals surface area contributed by atoms with Gasteiger partial charge in [0, 0.05) is 0 Å². The van der Waals surface area contributed by atoms with Gasteiger partial charge in [0.15, 0.2) is 5.41 Å². The molecule has 0 amide bonds. The maximum atomic E-state index is 11.7. The molecule has 0 bridgehead atoms. The Hall–Kier alpha value is -1.06. The molecular formula is C13H22O4. The van der Waals surface area contributed by atoms with Gasteiger partial charge in [0.25, 0.3) is 0 Å². The molecule has 0 radical (unpaired) electrons. The molecule has 4 nitrogen and oxygen atoms in total. The number of hydrogen-bond acceptors (Lipinski definition) is 4. The molecule has 0 aromatic carbocycles. The molecule has 1 rings (SSSR count). The number of carbonyl (C=O) groups excluding carboxylic acids is 2. The molecule has 1 atom stereocenters. The first kappa shape index (κ1) is 14.0. The van der Waals surface area contributed by atoms with Crippen molar-refractivity contribution in [3.05, 3.63) is 0 Å². The normalized spacial score (nSPS) is 20.8. The smallest absolute Gasteiger partial charge is 0.323 e. The van der Waals surface area contributed by atoms with Crippen LogP contribution in [0.3, 0.4) is 0 Å². The van der Waals surface area contributed by atoms with Crippen LogP contribution in [0, 0.1) is 11.3 Å². The van der Waals surface area contributed by atoms with Gasteiger partial charge < -0.3 is 9.47 Å². The van der Waals surface area contributed by atoms with Crippen LogP contribution in [-0.4, -0.2) is 26.2 Å². The molecule has 0 heterocycles. The quantitative estimate of drug-likeness (QED) is 0.390. The maximum absolute atomic E-state index is 11.7. The van der Waals surface area contributed by atoms with Crippen LogP contribution in [0.5, 0.6) is 0 Å². The lowest BCUT2D eigenvalue weighted by atomic mass is 10.00. The number of ether oxygens (including phenoxy) is 2. The lowest BCUT2D eigenvalue weighted by molar-refractivity contribution is -0.162. The van der Waals surface area contributed by atoms with Gasteiger partial charge in [-0.05, 0) is 18.8 Å². The van der Waals surface area contributed by atoms with Crippen LogP contribution in [-0.2, 0) is 19.1 Å². The second-order valence-corrected chi connectivity index (χ2v) is 4.70. The Bertz CT molecular complexity index is 269. The summed E-state index contributed by atoms with van der Waals surface area (Å²) in [5, 5.41) is 0. The van der Waals surface area contributed by atoms with E-state index >= 15 is 0 Å². The molecule has 0 N–H and O–H groups in total. The van der Waals surface area contributed by atoms with Gasteiger partial charge in [0.2, 0.25) is 0 Å². The van der Waals surface area contributed by atoms with Crippen LogP contribution < -0.4 is 0 Å². The average molecular weight is 242 g/mol. The minimum absolute atomic E-state index is 0.110. The maximum Gasteiger partial charge on any atom is 0.323 e. The molecule has 4 heteroatoms. The third-order valence-electron chi connectivity index (χ3n) is 3.61. The summed E-state index contributed by atoms with van der Waals surface area (Å²) in [4.78, 5) is 23.3. The van der Waals surface area contributed by atoms with Crippen LogP contribution in [0.25, 0.3) is 0 Å². The summed E-state index contributed by atoms with van der Waals surface area (Å²) in [6, 6.07) is 0. The summed E-state index contributed by atoms with van der Waals surface area (Å²) in [7, 11) is 2.64. The van der Waals surface area contributed by atoms with Crippen LogP contribution in [0.4, 0.5) is 0 Å². The highest BCUT2D eigenvalue weighted by Gasteiger charge is 2.67. The first-order valence-corrected chi connectivity index (χ1v) is 6.30. The Morgan fingerprint density at radius 2 is 1.71 bits per heavy atom. The SMILES string of the molecule is CCCCCC[C@@H]1CC1(C(=O)OC)C(=O)OC. The zero-order chi connectivity index (χ0) is 12.9. The van der Waals surface area contributed by atoms with Crippen molar-refractivity contribution in [1.82, 2.24) is 0 Å². The zero-order valence-corrected chi connectivity index (χ0v) is 11.0. The van der Waals surface area contributed by atoms with E-state index in [0.717, 1.165) is 19.3 Å². The molecule has 0 aliphatic heterocycles. The first-order chi connectivity index (χ1) is 8.13. The molecule has 1 saturated carbocycles. The van der Waals surface area contributed by atoms with Crippen molar-refractivity contribution in [2.45, 2.75) is 45.4 Å². The van der Waals surface area contributed by atoms with Crippen LogP contribution in [0.15, 0.2) is 0 Å². The molecule has 0 saturated heterocycles. The third-order valence-corrected chi connectivity index (χ3v) is 3.61. The van der Waals surface area contributed by atoms with E-state index in [1.165, 1.54) is 27.1 Å². The van der Waals surface area contributed by atoms with Gasteiger partial charge in [-0.3, -0.25) is 9.59 Å². The van der Waals surface area contributed by atoms with E-state index in [1.54, 1.807) is 0 Å². The standard InChI is InChI=1S/C13H22O4/c1-4-5-6-7-8-10-9-13(10,11(14)16-2)12(15)17-3/h10H,4-9H2,1-3H3/t10-/m1/s1. The topological polar surface area (TPSA) is 52.6 Å². The second kappa shape index (κ2) is 6.03. The molecule has 98 valence electrons. The highest BCUT2D eigenvalue weighted by Crippen LogP contribution is 2.56. The van der Waals surface area contributed by atoms with Crippen molar-refractivity contribution in [3.8, 4) is 0 Å². The van der Waals surface area contributed by atoms with E-state index in [9.17, 15) is 9.59 Å². The summed E-state index contributed by atoms with van der Waals surface area (Å²) in [5.41, 5.74) is -0.990. The molecule has 0 spiro atoms. The Balaban J connectivity index is 2.49. The summed E-state index contributed by atoms with van der Waals surface area (Å²) in [6.45, 7) is 2.16. The number of methoxy groups -OCH3 is 2. The predicted molar refractivity (Wildman–Crippen MR) is 63.3 cm³/mol. The van der Waals surface area contributed by atoms with Crippen molar-refractivity contribution in [1.29, 1.82) is 0 Å². The number of esters is 2. The van der Waals surface area contributed by atoms with Crippen LogP contribution in [0.1, 0.15) is 45.4 Å². The van der Waals surface area contributed by atoms with E-state index in [2.05, 4.69) is 6.92 Å². The summed E-state index contributed by atoms with van der Waals surface area (Å²) in [6.07, 6.45) is 6.10. The van der Waals surface area contributed by atoms with Crippen LogP contribution in [0.2, 0.25) is 0 Å². The molecule has 0 aromatic heterocycles. The molecule has 1 fully saturated rings. The fraction of sp³-hybridized carbons (Fsp3) is 0.846. The van der Waals surface area contributed by atoms with E-state index in [-0.39, 0.29) is 5.92 Å². The monoisotopic (exact) mass is 242 g/mol. The van der Waals surface area contributed by atoms with Crippen molar-refractivity contribution in [3.63, 3.8) is 0 Å². The summed E-state index contributed by atoms with van der Waals surface area (Å²) in [5.74, 6) is -0.770.